The third-order valence-corrected chi connectivity index (χ3v) is 2.91. The van der Waals surface area contributed by atoms with E-state index in [2.05, 4.69) is 27.7 Å². The second kappa shape index (κ2) is 3.16. The molecule has 66 valence electrons. The van der Waals surface area contributed by atoms with Gasteiger partial charge in [0.15, 0.2) is 0 Å². The van der Waals surface area contributed by atoms with E-state index in [0.29, 0.717) is 5.41 Å². The van der Waals surface area contributed by atoms with Gasteiger partial charge in [-0.1, -0.05) is 47.0 Å². The monoisotopic (exact) mass is 154 g/mol. The molecule has 1 fully saturated rings. The quantitative estimate of drug-likeness (QED) is 0.538. The molecule has 0 aromatic carbocycles. The Morgan fingerprint density at radius 1 is 1.18 bits per heavy atom. The van der Waals surface area contributed by atoms with Crippen LogP contribution in [0, 0.1) is 17.3 Å². The molecular weight excluding hydrogens is 132 g/mol. The minimum atomic E-state index is 0.545. The minimum Gasteiger partial charge on any atom is -0.0622 e. The van der Waals surface area contributed by atoms with Crippen molar-refractivity contribution in [3.05, 3.63) is 0 Å². The first-order valence-electron chi connectivity index (χ1n) is 4.99. The van der Waals surface area contributed by atoms with Crippen molar-refractivity contribution < 1.29 is 0 Å². The van der Waals surface area contributed by atoms with Crippen molar-refractivity contribution in [2.75, 3.05) is 0 Å². The van der Waals surface area contributed by atoms with Gasteiger partial charge < -0.3 is 0 Å². The van der Waals surface area contributed by atoms with E-state index in [0.717, 1.165) is 11.8 Å². The zero-order valence-corrected chi connectivity index (χ0v) is 8.48. The van der Waals surface area contributed by atoms with Crippen molar-refractivity contribution in [1.29, 1.82) is 0 Å². The fourth-order valence-electron chi connectivity index (χ4n) is 2.31. The van der Waals surface area contributed by atoms with Crippen LogP contribution in [0.1, 0.15) is 53.4 Å². The molecule has 0 aliphatic heterocycles. The van der Waals surface area contributed by atoms with Gasteiger partial charge in [-0.25, -0.2) is 0 Å². The summed E-state index contributed by atoms with van der Waals surface area (Å²) in [7, 11) is 0. The summed E-state index contributed by atoms with van der Waals surface area (Å²) in [4.78, 5) is 0. The van der Waals surface area contributed by atoms with Gasteiger partial charge in [-0.15, -0.1) is 0 Å². The van der Waals surface area contributed by atoms with Crippen LogP contribution in [0.25, 0.3) is 0 Å². The van der Waals surface area contributed by atoms with Crippen molar-refractivity contribution in [3.63, 3.8) is 0 Å². The van der Waals surface area contributed by atoms with E-state index in [9.17, 15) is 0 Å². The smallest absolute Gasteiger partial charge is 0.0380 e. The van der Waals surface area contributed by atoms with Gasteiger partial charge in [-0.05, 0) is 23.7 Å². The van der Waals surface area contributed by atoms with Crippen molar-refractivity contribution in [2.45, 2.75) is 53.4 Å². The van der Waals surface area contributed by atoms with Gasteiger partial charge in [-0.3, -0.25) is 0 Å². The van der Waals surface area contributed by atoms with Crippen LogP contribution in [0.4, 0.5) is 0 Å². The van der Waals surface area contributed by atoms with Crippen molar-refractivity contribution >= 4 is 0 Å². The molecule has 0 bridgehead atoms. The summed E-state index contributed by atoms with van der Waals surface area (Å²) < 4.78 is 0. The lowest BCUT2D eigenvalue weighted by Gasteiger charge is -2.25. The Hall–Kier alpha value is 0. The van der Waals surface area contributed by atoms with Gasteiger partial charge in [0.2, 0.25) is 0 Å². The van der Waals surface area contributed by atoms with Crippen LogP contribution in [0.5, 0.6) is 0 Å². The molecule has 0 saturated heterocycles. The van der Waals surface area contributed by atoms with Crippen molar-refractivity contribution in [1.82, 2.24) is 0 Å². The zero-order valence-electron chi connectivity index (χ0n) is 8.48. The van der Waals surface area contributed by atoms with Crippen molar-refractivity contribution in [3.8, 4) is 0 Å². The molecule has 0 N–H and O–H groups in total. The topological polar surface area (TPSA) is 0 Å². The maximum Gasteiger partial charge on any atom is -0.0380 e. The number of hydrogen-bond acceptors (Lipinski definition) is 0. The van der Waals surface area contributed by atoms with Gasteiger partial charge in [0, 0.05) is 0 Å². The Balaban J connectivity index is 2.37. The Morgan fingerprint density at radius 3 is 2.18 bits per heavy atom. The highest BCUT2D eigenvalue weighted by Gasteiger charge is 2.27. The van der Waals surface area contributed by atoms with E-state index in [1.165, 1.54) is 25.7 Å². The second-order valence-corrected chi connectivity index (χ2v) is 5.43. The molecule has 0 heterocycles. The first-order valence-corrected chi connectivity index (χ1v) is 4.99. The summed E-state index contributed by atoms with van der Waals surface area (Å²) in [5, 5.41) is 0. The molecule has 1 aliphatic carbocycles. The predicted molar refractivity (Wildman–Crippen MR) is 50.6 cm³/mol. The minimum absolute atomic E-state index is 0.545. The lowest BCUT2D eigenvalue weighted by Crippen LogP contribution is -2.14. The normalized spacial score (nSPS) is 32.7. The van der Waals surface area contributed by atoms with Crippen LogP contribution < -0.4 is 0 Å². The Morgan fingerprint density at radius 2 is 1.82 bits per heavy atom. The first kappa shape index (κ1) is 9.09. The highest BCUT2D eigenvalue weighted by atomic mass is 14.3. The average Bonchev–Trinajstić information content (AvgIpc) is 2.12. The van der Waals surface area contributed by atoms with Crippen LogP contribution in [-0.4, -0.2) is 0 Å². The van der Waals surface area contributed by atoms with E-state index in [-0.39, 0.29) is 0 Å². The summed E-state index contributed by atoms with van der Waals surface area (Å²) in [6, 6.07) is 0. The lowest BCUT2D eigenvalue weighted by molar-refractivity contribution is 0.258. The summed E-state index contributed by atoms with van der Waals surface area (Å²) in [6.07, 6.45) is 5.86. The van der Waals surface area contributed by atoms with E-state index in [1.54, 1.807) is 0 Å². The molecule has 11 heavy (non-hydrogen) atoms. The SMILES string of the molecule is C[C@H]1CCC[C@@H]1CC(C)(C)C. The molecule has 0 aromatic heterocycles. The van der Waals surface area contributed by atoms with Gasteiger partial charge in [0.1, 0.15) is 0 Å². The summed E-state index contributed by atoms with van der Waals surface area (Å²) >= 11 is 0. The predicted octanol–water partition coefficient (Wildman–Crippen LogP) is 3.86. The molecule has 1 saturated carbocycles. The fourth-order valence-corrected chi connectivity index (χ4v) is 2.31. The molecule has 2 atom stereocenters. The molecule has 1 rings (SSSR count). The Kier molecular flexibility index (Phi) is 2.61. The van der Waals surface area contributed by atoms with Crippen LogP contribution in [-0.2, 0) is 0 Å². The average molecular weight is 154 g/mol. The van der Waals surface area contributed by atoms with Crippen LogP contribution >= 0.6 is 0 Å². The molecule has 0 unspecified atom stereocenters. The molecule has 0 radical (unpaired) electrons. The fraction of sp³-hybridized carbons (Fsp3) is 1.00. The lowest BCUT2D eigenvalue weighted by atomic mass is 9.81. The third kappa shape index (κ3) is 2.84. The zero-order chi connectivity index (χ0) is 8.48. The van der Waals surface area contributed by atoms with Crippen molar-refractivity contribution in [2.24, 2.45) is 17.3 Å². The first-order chi connectivity index (χ1) is 4.99. The summed E-state index contributed by atoms with van der Waals surface area (Å²) in [6.45, 7) is 9.50. The number of rotatable bonds is 1. The third-order valence-electron chi connectivity index (χ3n) is 2.91. The van der Waals surface area contributed by atoms with Crippen LogP contribution in [0.2, 0.25) is 0 Å². The van der Waals surface area contributed by atoms with E-state index in [4.69, 9.17) is 0 Å². The molecular formula is C11H22. The van der Waals surface area contributed by atoms with Crippen LogP contribution in [0.15, 0.2) is 0 Å². The molecule has 0 nitrogen and oxygen atoms in total. The summed E-state index contributed by atoms with van der Waals surface area (Å²) in [5.41, 5.74) is 0.545. The van der Waals surface area contributed by atoms with E-state index < -0.39 is 0 Å². The van der Waals surface area contributed by atoms with E-state index >= 15 is 0 Å². The molecule has 0 amide bonds. The largest absolute Gasteiger partial charge is 0.0622 e. The molecule has 1 aliphatic rings. The van der Waals surface area contributed by atoms with Crippen LogP contribution in [0.3, 0.4) is 0 Å². The second-order valence-electron chi connectivity index (χ2n) is 5.43. The number of hydrogen-bond donors (Lipinski definition) is 0. The molecule has 0 heteroatoms. The maximum atomic E-state index is 2.42. The molecule has 0 aromatic rings. The van der Waals surface area contributed by atoms with E-state index in [1.807, 2.05) is 0 Å². The molecule has 0 spiro atoms. The maximum absolute atomic E-state index is 2.42. The standard InChI is InChI=1S/C11H22/c1-9-6-5-7-10(9)8-11(2,3)4/h9-10H,5-8H2,1-4H3/t9-,10+/m0/s1. The summed E-state index contributed by atoms with van der Waals surface area (Å²) in [5.74, 6) is 2.02. The highest BCUT2D eigenvalue weighted by Crippen LogP contribution is 2.38. The van der Waals surface area contributed by atoms with Gasteiger partial charge in [0.05, 0.1) is 0 Å². The Bertz CT molecular complexity index is 118. The van der Waals surface area contributed by atoms with Gasteiger partial charge in [0.25, 0.3) is 0 Å². The highest BCUT2D eigenvalue weighted by molar-refractivity contribution is 4.78. The Labute approximate surface area is 71.4 Å². The van der Waals surface area contributed by atoms with Gasteiger partial charge in [-0.2, -0.15) is 0 Å². The van der Waals surface area contributed by atoms with Gasteiger partial charge >= 0.3 is 0 Å².